The topological polar surface area (TPSA) is 59.8 Å². The maximum atomic E-state index is 12.5. The summed E-state index contributed by atoms with van der Waals surface area (Å²) in [7, 11) is 0. The Labute approximate surface area is 207 Å². The van der Waals surface area contributed by atoms with E-state index in [1.165, 1.54) is 5.56 Å². The first-order valence-corrected chi connectivity index (χ1v) is 12.2. The Kier molecular flexibility index (Phi) is 8.05. The van der Waals surface area contributed by atoms with Crippen molar-refractivity contribution in [2.75, 3.05) is 0 Å². The van der Waals surface area contributed by atoms with Gasteiger partial charge in [0.2, 0.25) is 5.91 Å². The molecule has 4 rings (SSSR count). The van der Waals surface area contributed by atoms with Crippen molar-refractivity contribution in [2.45, 2.75) is 30.3 Å². The molecule has 0 unspecified atom stereocenters. The number of carbonyl (C=O) groups excluding carboxylic acids is 1. The molecule has 0 fully saturated rings. The van der Waals surface area contributed by atoms with E-state index in [4.69, 9.17) is 23.2 Å². The van der Waals surface area contributed by atoms with Gasteiger partial charge in [-0.15, -0.1) is 10.2 Å². The average molecular weight is 497 g/mol. The number of hydrogen-bond donors (Lipinski definition) is 1. The average Bonchev–Trinajstić information content (AvgIpc) is 3.25. The molecule has 168 valence electrons. The van der Waals surface area contributed by atoms with E-state index in [2.05, 4.69) is 27.6 Å². The molecule has 0 aliphatic heterocycles. The first kappa shape index (κ1) is 23.4. The van der Waals surface area contributed by atoms with E-state index in [1.807, 2.05) is 53.1 Å². The van der Waals surface area contributed by atoms with E-state index < -0.39 is 0 Å². The van der Waals surface area contributed by atoms with Crippen LogP contribution in [-0.4, -0.2) is 20.7 Å². The summed E-state index contributed by atoms with van der Waals surface area (Å²) >= 11 is 14.3. The molecule has 8 heteroatoms. The molecule has 0 saturated heterocycles. The minimum atomic E-state index is -0.0518. The van der Waals surface area contributed by atoms with Gasteiger partial charge in [0.1, 0.15) is 0 Å². The van der Waals surface area contributed by atoms with Gasteiger partial charge in [0.15, 0.2) is 11.0 Å². The van der Waals surface area contributed by atoms with Gasteiger partial charge in [0.05, 0.1) is 17.3 Å². The zero-order valence-electron chi connectivity index (χ0n) is 17.7. The van der Waals surface area contributed by atoms with Gasteiger partial charge in [-0.25, -0.2) is 0 Å². The van der Waals surface area contributed by atoms with Crippen molar-refractivity contribution in [1.82, 2.24) is 20.1 Å². The molecule has 5 nitrogen and oxygen atoms in total. The molecule has 0 aliphatic rings. The van der Waals surface area contributed by atoms with Crippen LogP contribution in [0.25, 0.3) is 5.69 Å². The smallest absolute Gasteiger partial charge is 0.220 e. The lowest BCUT2D eigenvalue weighted by Gasteiger charge is -2.13. The Morgan fingerprint density at radius 1 is 0.909 bits per heavy atom. The lowest BCUT2D eigenvalue weighted by Crippen LogP contribution is -2.25. The van der Waals surface area contributed by atoms with Crippen molar-refractivity contribution in [2.24, 2.45) is 0 Å². The van der Waals surface area contributed by atoms with Crippen LogP contribution in [0, 0.1) is 0 Å². The van der Waals surface area contributed by atoms with Gasteiger partial charge in [0, 0.05) is 17.2 Å². The van der Waals surface area contributed by atoms with Crippen LogP contribution in [-0.2, 0) is 23.5 Å². The summed E-state index contributed by atoms with van der Waals surface area (Å²) in [5.74, 6) is 1.26. The van der Waals surface area contributed by atoms with E-state index in [0.29, 0.717) is 39.6 Å². The van der Waals surface area contributed by atoms with Crippen molar-refractivity contribution < 1.29 is 4.79 Å². The molecule has 3 aromatic carbocycles. The first-order valence-electron chi connectivity index (χ1n) is 10.5. The van der Waals surface area contributed by atoms with Crippen molar-refractivity contribution in [3.8, 4) is 5.69 Å². The van der Waals surface area contributed by atoms with Gasteiger partial charge in [-0.2, -0.15) is 0 Å². The number of carbonyl (C=O) groups is 1. The molecular weight excluding hydrogens is 475 g/mol. The van der Waals surface area contributed by atoms with Crippen LogP contribution >= 0.6 is 35.0 Å². The van der Waals surface area contributed by atoms with Crippen LogP contribution in [0.1, 0.15) is 23.4 Å². The van der Waals surface area contributed by atoms with Crippen LogP contribution in [0.3, 0.4) is 0 Å². The highest BCUT2D eigenvalue weighted by Gasteiger charge is 2.18. The summed E-state index contributed by atoms with van der Waals surface area (Å²) in [5.41, 5.74) is 2.98. The number of rotatable bonds is 9. The molecule has 0 spiro atoms. The van der Waals surface area contributed by atoms with Crippen LogP contribution in [0.5, 0.6) is 0 Å². The zero-order valence-corrected chi connectivity index (χ0v) is 20.1. The Balaban J connectivity index is 1.51. The third-order valence-corrected chi connectivity index (χ3v) is 6.54. The fourth-order valence-corrected chi connectivity index (χ4v) is 4.59. The van der Waals surface area contributed by atoms with E-state index in [0.717, 1.165) is 11.3 Å². The van der Waals surface area contributed by atoms with Crippen molar-refractivity contribution in [1.29, 1.82) is 0 Å². The highest BCUT2D eigenvalue weighted by Crippen LogP contribution is 2.30. The van der Waals surface area contributed by atoms with E-state index in [9.17, 15) is 4.79 Å². The number of aromatic nitrogens is 3. The normalized spacial score (nSPS) is 10.8. The third-order valence-electron chi connectivity index (χ3n) is 4.99. The van der Waals surface area contributed by atoms with E-state index >= 15 is 0 Å². The molecule has 1 heterocycles. The standard InChI is InChI=1S/C25H22Cl2N4OS/c26-20-12-13-21(27)22(15-20)31-23(16-28-24(32)14-11-18-7-3-1-4-8-18)29-30-25(31)33-17-19-9-5-2-6-10-19/h1-10,12-13,15H,11,14,16-17H2,(H,28,32). The molecule has 1 amide bonds. The van der Waals surface area contributed by atoms with Gasteiger partial charge in [0.25, 0.3) is 0 Å². The second-order valence-electron chi connectivity index (χ2n) is 7.37. The van der Waals surface area contributed by atoms with Crippen molar-refractivity contribution in [3.05, 3.63) is 106 Å². The van der Waals surface area contributed by atoms with Crippen molar-refractivity contribution >= 4 is 40.9 Å². The fourth-order valence-electron chi connectivity index (χ4n) is 3.30. The summed E-state index contributed by atoms with van der Waals surface area (Å²) in [6.07, 6.45) is 1.07. The maximum Gasteiger partial charge on any atom is 0.220 e. The molecule has 33 heavy (non-hydrogen) atoms. The molecule has 1 aromatic heterocycles. The SMILES string of the molecule is O=C(CCc1ccccc1)NCc1nnc(SCc2ccccc2)n1-c1cc(Cl)ccc1Cl. The second kappa shape index (κ2) is 11.4. The summed E-state index contributed by atoms with van der Waals surface area (Å²) in [5, 5.41) is 13.4. The fraction of sp³-hybridized carbons (Fsp3) is 0.160. The van der Waals surface area contributed by atoms with Gasteiger partial charge in [-0.05, 0) is 35.7 Å². The first-order chi connectivity index (χ1) is 16.1. The van der Waals surface area contributed by atoms with Gasteiger partial charge in [-0.3, -0.25) is 9.36 Å². The summed E-state index contributed by atoms with van der Waals surface area (Å²) in [6.45, 7) is 0.232. The molecular formula is C25H22Cl2N4OS. The van der Waals surface area contributed by atoms with Gasteiger partial charge in [-0.1, -0.05) is 95.6 Å². The quantitative estimate of drug-likeness (QED) is 0.283. The molecule has 0 bridgehead atoms. The van der Waals surface area contributed by atoms with Crippen LogP contribution in [0.2, 0.25) is 10.0 Å². The minimum Gasteiger partial charge on any atom is -0.349 e. The largest absolute Gasteiger partial charge is 0.349 e. The lowest BCUT2D eigenvalue weighted by atomic mass is 10.1. The predicted molar refractivity (Wildman–Crippen MR) is 134 cm³/mol. The van der Waals surface area contributed by atoms with Gasteiger partial charge < -0.3 is 5.32 Å². The zero-order chi connectivity index (χ0) is 23.0. The van der Waals surface area contributed by atoms with Crippen LogP contribution in [0.15, 0.2) is 84.0 Å². The van der Waals surface area contributed by atoms with E-state index in [1.54, 1.807) is 30.0 Å². The molecule has 1 N–H and O–H groups in total. The Bertz CT molecular complexity index is 1220. The number of aryl methyl sites for hydroxylation is 1. The van der Waals surface area contributed by atoms with Crippen molar-refractivity contribution in [3.63, 3.8) is 0 Å². The monoisotopic (exact) mass is 496 g/mol. The number of nitrogens with zero attached hydrogens (tertiary/aromatic N) is 3. The summed E-state index contributed by atoms with van der Waals surface area (Å²) < 4.78 is 1.86. The molecule has 0 aliphatic carbocycles. The molecule has 0 radical (unpaired) electrons. The predicted octanol–water partition coefficient (Wildman–Crippen LogP) is 6.12. The molecule has 0 saturated carbocycles. The summed E-state index contributed by atoms with van der Waals surface area (Å²) in [6, 6.07) is 25.3. The molecule has 4 aromatic rings. The maximum absolute atomic E-state index is 12.5. The van der Waals surface area contributed by atoms with Crippen LogP contribution in [0.4, 0.5) is 0 Å². The Morgan fingerprint density at radius 2 is 1.61 bits per heavy atom. The number of nitrogens with one attached hydrogen (secondary N) is 1. The second-order valence-corrected chi connectivity index (χ2v) is 9.15. The number of hydrogen-bond acceptors (Lipinski definition) is 4. The number of benzene rings is 3. The highest BCUT2D eigenvalue weighted by molar-refractivity contribution is 7.98. The van der Waals surface area contributed by atoms with Crippen LogP contribution < -0.4 is 5.32 Å². The molecule has 0 atom stereocenters. The number of thioether (sulfide) groups is 1. The summed E-state index contributed by atoms with van der Waals surface area (Å²) in [4.78, 5) is 12.5. The van der Waals surface area contributed by atoms with E-state index in [-0.39, 0.29) is 12.5 Å². The Morgan fingerprint density at radius 3 is 2.33 bits per heavy atom. The highest BCUT2D eigenvalue weighted by atomic mass is 35.5. The third kappa shape index (κ3) is 6.38. The number of halogens is 2. The number of amides is 1. The Hall–Kier alpha value is -2.80. The van der Waals surface area contributed by atoms with Gasteiger partial charge >= 0.3 is 0 Å². The minimum absolute atomic E-state index is 0.0518. The lowest BCUT2D eigenvalue weighted by molar-refractivity contribution is -0.121.